The lowest BCUT2D eigenvalue weighted by atomic mass is 10.1. The number of aliphatic hydroxyl groups is 1. The summed E-state index contributed by atoms with van der Waals surface area (Å²) in [5, 5.41) is 7.57. The fraction of sp³-hybridized carbons (Fsp3) is 0.217. The highest BCUT2D eigenvalue weighted by atomic mass is 16.2. The van der Waals surface area contributed by atoms with Crippen LogP contribution in [0.25, 0.3) is 0 Å². The lowest BCUT2D eigenvalue weighted by molar-refractivity contribution is 0.247. The summed E-state index contributed by atoms with van der Waals surface area (Å²) in [6.07, 6.45) is 0. The minimum atomic E-state index is 0.250. The average Bonchev–Trinajstić information content (AvgIpc) is 2.65. The van der Waals surface area contributed by atoms with Crippen molar-refractivity contribution in [1.82, 2.24) is 4.90 Å². The lowest BCUT2D eigenvalue weighted by Crippen LogP contribution is -2.22. The van der Waals surface area contributed by atoms with Crippen molar-refractivity contribution in [2.45, 2.75) is 26.6 Å². The number of hydrogen-bond donors (Lipinski definition) is 1. The normalized spacial score (nSPS) is 10.2. The Balaban J connectivity index is 0.000000701. The first-order chi connectivity index (χ1) is 12.3. The summed E-state index contributed by atoms with van der Waals surface area (Å²) in [7, 11) is 0. The topological polar surface area (TPSA) is 23.5 Å². The van der Waals surface area contributed by atoms with Crippen molar-refractivity contribution in [3.8, 4) is 0 Å². The van der Waals surface area contributed by atoms with Crippen LogP contribution in [0.2, 0.25) is 0 Å². The Bertz CT molecular complexity index is 584. The molecule has 0 aliphatic carbocycles. The molecule has 0 spiro atoms. The van der Waals surface area contributed by atoms with E-state index < -0.39 is 0 Å². The van der Waals surface area contributed by atoms with Gasteiger partial charge in [-0.05, 0) is 23.6 Å². The number of aliphatic hydroxyl groups excluding tert-OH is 1. The van der Waals surface area contributed by atoms with E-state index in [1.54, 1.807) is 6.92 Å². The zero-order valence-corrected chi connectivity index (χ0v) is 14.9. The minimum Gasteiger partial charge on any atom is -0.397 e. The van der Waals surface area contributed by atoms with Gasteiger partial charge in [-0.25, -0.2) is 0 Å². The van der Waals surface area contributed by atoms with Crippen LogP contribution in [0.3, 0.4) is 0 Å². The van der Waals surface area contributed by atoms with Gasteiger partial charge in [0.15, 0.2) is 0 Å². The Morgan fingerprint density at radius 3 is 1.04 bits per heavy atom. The van der Waals surface area contributed by atoms with Crippen molar-refractivity contribution < 1.29 is 5.11 Å². The molecule has 0 aromatic heterocycles. The summed E-state index contributed by atoms with van der Waals surface area (Å²) in [4.78, 5) is 2.49. The standard InChI is InChI=1S/C21H21N.C2H6O/c1-4-10-19(11-5-1)16-22(17-20-12-6-2-7-13-20)18-21-14-8-3-9-15-21;1-2-3/h1-15H,16-18H2;3H,2H2,1H3. The first-order valence-corrected chi connectivity index (χ1v) is 8.76. The summed E-state index contributed by atoms with van der Waals surface area (Å²) < 4.78 is 0. The SMILES string of the molecule is CCO.c1ccc(CN(Cc2ccccc2)Cc2ccccc2)cc1. The molecule has 3 aromatic carbocycles. The molecule has 0 heterocycles. The predicted octanol–water partition coefficient (Wildman–Crippen LogP) is 4.89. The van der Waals surface area contributed by atoms with Crippen LogP contribution in [0.5, 0.6) is 0 Å². The number of benzene rings is 3. The van der Waals surface area contributed by atoms with Gasteiger partial charge in [0.2, 0.25) is 0 Å². The summed E-state index contributed by atoms with van der Waals surface area (Å²) in [5.41, 5.74) is 4.07. The summed E-state index contributed by atoms with van der Waals surface area (Å²) in [6, 6.07) is 32.1. The first-order valence-electron chi connectivity index (χ1n) is 8.76. The van der Waals surface area contributed by atoms with Crippen LogP contribution in [-0.4, -0.2) is 16.6 Å². The fourth-order valence-electron chi connectivity index (χ4n) is 2.69. The molecule has 130 valence electrons. The molecule has 0 saturated carbocycles. The van der Waals surface area contributed by atoms with Crippen molar-refractivity contribution in [1.29, 1.82) is 0 Å². The molecule has 25 heavy (non-hydrogen) atoms. The van der Waals surface area contributed by atoms with Crippen molar-refractivity contribution in [3.63, 3.8) is 0 Å². The highest BCUT2D eigenvalue weighted by molar-refractivity contribution is 5.19. The van der Waals surface area contributed by atoms with Gasteiger partial charge in [-0.2, -0.15) is 0 Å². The number of rotatable bonds is 6. The van der Waals surface area contributed by atoms with Crippen molar-refractivity contribution >= 4 is 0 Å². The average molecular weight is 333 g/mol. The first kappa shape index (κ1) is 18.9. The van der Waals surface area contributed by atoms with Gasteiger partial charge in [0.25, 0.3) is 0 Å². The van der Waals surface area contributed by atoms with E-state index in [0.717, 1.165) is 19.6 Å². The smallest absolute Gasteiger partial charge is 0.0402 e. The number of nitrogens with zero attached hydrogens (tertiary/aromatic N) is 1. The number of hydrogen-bond acceptors (Lipinski definition) is 2. The highest BCUT2D eigenvalue weighted by Gasteiger charge is 2.08. The molecule has 0 fully saturated rings. The Morgan fingerprint density at radius 1 is 0.560 bits per heavy atom. The molecular weight excluding hydrogens is 306 g/mol. The quantitative estimate of drug-likeness (QED) is 0.694. The zero-order valence-electron chi connectivity index (χ0n) is 14.9. The Hall–Kier alpha value is -2.42. The van der Waals surface area contributed by atoms with Crippen molar-refractivity contribution in [3.05, 3.63) is 108 Å². The summed E-state index contributed by atoms with van der Waals surface area (Å²) in [6.45, 7) is 4.82. The van der Waals surface area contributed by atoms with E-state index in [-0.39, 0.29) is 6.61 Å². The van der Waals surface area contributed by atoms with Crippen LogP contribution in [0.1, 0.15) is 23.6 Å². The monoisotopic (exact) mass is 333 g/mol. The van der Waals surface area contributed by atoms with Crippen LogP contribution in [-0.2, 0) is 19.6 Å². The lowest BCUT2D eigenvalue weighted by Gasteiger charge is -2.23. The van der Waals surface area contributed by atoms with E-state index >= 15 is 0 Å². The van der Waals surface area contributed by atoms with Gasteiger partial charge in [0.05, 0.1) is 0 Å². The maximum atomic E-state index is 7.57. The Morgan fingerprint density at radius 2 is 0.800 bits per heavy atom. The van der Waals surface area contributed by atoms with Crippen LogP contribution in [0.4, 0.5) is 0 Å². The molecule has 0 atom stereocenters. The van der Waals surface area contributed by atoms with Gasteiger partial charge in [-0.15, -0.1) is 0 Å². The van der Waals surface area contributed by atoms with E-state index in [9.17, 15) is 0 Å². The van der Waals surface area contributed by atoms with Gasteiger partial charge in [0.1, 0.15) is 0 Å². The minimum absolute atomic E-state index is 0.250. The highest BCUT2D eigenvalue weighted by Crippen LogP contribution is 2.14. The van der Waals surface area contributed by atoms with Crippen molar-refractivity contribution in [2.75, 3.05) is 6.61 Å². The van der Waals surface area contributed by atoms with Gasteiger partial charge >= 0.3 is 0 Å². The third-order valence-electron chi connectivity index (χ3n) is 3.75. The second-order valence-electron chi connectivity index (χ2n) is 5.92. The van der Waals surface area contributed by atoms with Gasteiger partial charge in [0, 0.05) is 26.2 Å². The molecule has 1 N–H and O–H groups in total. The van der Waals surface area contributed by atoms with Gasteiger partial charge in [-0.1, -0.05) is 91.0 Å². The van der Waals surface area contributed by atoms with E-state index in [1.165, 1.54) is 16.7 Å². The molecule has 0 radical (unpaired) electrons. The molecule has 0 bridgehead atoms. The van der Waals surface area contributed by atoms with Crippen LogP contribution in [0, 0.1) is 0 Å². The Labute approximate surface area is 151 Å². The second kappa shape index (κ2) is 11.2. The van der Waals surface area contributed by atoms with E-state index in [0.29, 0.717) is 0 Å². The van der Waals surface area contributed by atoms with Crippen LogP contribution >= 0.6 is 0 Å². The second-order valence-corrected chi connectivity index (χ2v) is 5.92. The van der Waals surface area contributed by atoms with E-state index in [1.807, 2.05) is 0 Å². The molecule has 3 aromatic rings. The van der Waals surface area contributed by atoms with Gasteiger partial charge < -0.3 is 5.11 Å². The molecule has 0 aliphatic rings. The largest absolute Gasteiger partial charge is 0.397 e. The predicted molar refractivity (Wildman–Crippen MR) is 105 cm³/mol. The summed E-state index contributed by atoms with van der Waals surface area (Å²) >= 11 is 0. The third-order valence-corrected chi connectivity index (χ3v) is 3.75. The molecule has 0 aliphatic heterocycles. The van der Waals surface area contributed by atoms with E-state index in [4.69, 9.17) is 5.11 Å². The molecule has 0 unspecified atom stereocenters. The fourth-order valence-corrected chi connectivity index (χ4v) is 2.69. The van der Waals surface area contributed by atoms with Crippen LogP contribution < -0.4 is 0 Å². The zero-order chi connectivity index (χ0) is 17.7. The maximum Gasteiger partial charge on any atom is 0.0402 e. The third kappa shape index (κ3) is 7.34. The molecule has 2 nitrogen and oxygen atoms in total. The van der Waals surface area contributed by atoms with Crippen molar-refractivity contribution in [2.24, 2.45) is 0 Å². The molecule has 3 rings (SSSR count). The summed E-state index contributed by atoms with van der Waals surface area (Å²) in [5.74, 6) is 0. The molecule has 0 saturated heterocycles. The van der Waals surface area contributed by atoms with Crippen LogP contribution in [0.15, 0.2) is 91.0 Å². The molecule has 0 amide bonds. The Kier molecular flexibility index (Phi) is 8.46. The van der Waals surface area contributed by atoms with Gasteiger partial charge in [-0.3, -0.25) is 4.90 Å². The molecular formula is C23H27NO. The maximum absolute atomic E-state index is 7.57. The molecule has 2 heteroatoms. The van der Waals surface area contributed by atoms with E-state index in [2.05, 4.69) is 95.9 Å².